The Kier molecular flexibility index (Phi) is 4.35. The van der Waals surface area contributed by atoms with Crippen molar-refractivity contribution in [3.63, 3.8) is 0 Å². The van der Waals surface area contributed by atoms with Crippen LogP contribution >= 0.6 is 0 Å². The number of hydrogen-bond donors (Lipinski definition) is 1. The number of carbonyl (C=O) groups is 1. The molecule has 0 unspecified atom stereocenters. The molecule has 3 heterocycles. The van der Waals surface area contributed by atoms with Gasteiger partial charge in [0.1, 0.15) is 0 Å². The van der Waals surface area contributed by atoms with Gasteiger partial charge in [-0.3, -0.25) is 9.48 Å². The average molecular weight is 307 g/mol. The van der Waals surface area contributed by atoms with Crippen molar-refractivity contribution in [1.82, 2.24) is 14.7 Å². The first kappa shape index (κ1) is 15.3. The van der Waals surface area contributed by atoms with Gasteiger partial charge in [0, 0.05) is 59.2 Å². The third kappa shape index (κ3) is 2.83. The molecule has 0 spiro atoms. The molecule has 2 aliphatic heterocycles. The predicted molar refractivity (Wildman–Crippen MR) is 83.5 cm³/mol. The maximum Gasteiger partial charge on any atom is 0.230 e. The Morgan fingerprint density at radius 1 is 1.32 bits per heavy atom. The second-order valence-corrected chi connectivity index (χ2v) is 6.25. The van der Waals surface area contributed by atoms with E-state index in [1.807, 2.05) is 24.3 Å². The molecular weight excluding hydrogens is 282 g/mol. The van der Waals surface area contributed by atoms with Crippen molar-refractivity contribution < 1.29 is 9.53 Å². The Morgan fingerprint density at radius 3 is 2.55 bits per heavy atom. The molecule has 7 nitrogen and oxygen atoms in total. The highest BCUT2D eigenvalue weighted by atomic mass is 16.5. The van der Waals surface area contributed by atoms with Gasteiger partial charge in [0.15, 0.2) is 0 Å². The lowest BCUT2D eigenvalue weighted by Crippen LogP contribution is -2.56. The summed E-state index contributed by atoms with van der Waals surface area (Å²) >= 11 is 0. The van der Waals surface area contributed by atoms with Gasteiger partial charge in [-0.1, -0.05) is 0 Å². The van der Waals surface area contributed by atoms with Crippen LogP contribution in [-0.4, -0.2) is 66.5 Å². The molecular formula is C15H25N5O2. The van der Waals surface area contributed by atoms with Gasteiger partial charge in [0.2, 0.25) is 5.91 Å². The molecule has 2 saturated heterocycles. The molecule has 0 radical (unpaired) electrons. The third-order valence-electron chi connectivity index (χ3n) is 4.92. The maximum atomic E-state index is 12.9. The topological polar surface area (TPSA) is 76.6 Å². The lowest BCUT2D eigenvalue weighted by atomic mass is 9.78. The first-order valence-electron chi connectivity index (χ1n) is 7.95. The molecule has 22 heavy (non-hydrogen) atoms. The Bertz CT molecular complexity index is 516. The molecule has 1 aromatic rings. The van der Waals surface area contributed by atoms with Crippen LogP contribution in [0.25, 0.3) is 0 Å². The normalized spacial score (nSPS) is 21.9. The number of rotatable bonds is 3. The van der Waals surface area contributed by atoms with E-state index < -0.39 is 5.41 Å². The second kappa shape index (κ2) is 6.26. The van der Waals surface area contributed by atoms with Crippen molar-refractivity contribution >= 4 is 11.6 Å². The zero-order valence-corrected chi connectivity index (χ0v) is 13.2. The number of amides is 1. The molecule has 0 atom stereocenters. The summed E-state index contributed by atoms with van der Waals surface area (Å²) in [5.41, 5.74) is 6.65. The number of ether oxygens (including phenoxy) is 1. The maximum absolute atomic E-state index is 12.9. The van der Waals surface area contributed by atoms with E-state index in [4.69, 9.17) is 10.5 Å². The summed E-state index contributed by atoms with van der Waals surface area (Å²) in [6, 6.07) is 0. The zero-order valence-electron chi connectivity index (χ0n) is 13.2. The van der Waals surface area contributed by atoms with E-state index in [0.717, 1.165) is 44.7 Å². The highest BCUT2D eigenvalue weighted by molar-refractivity contribution is 5.83. The Morgan fingerprint density at radius 2 is 2.00 bits per heavy atom. The van der Waals surface area contributed by atoms with Crippen LogP contribution in [0.5, 0.6) is 0 Å². The molecule has 7 heteroatoms. The summed E-state index contributed by atoms with van der Waals surface area (Å²) in [6.07, 6.45) is 5.37. The number of piperazine rings is 1. The highest BCUT2D eigenvalue weighted by Gasteiger charge is 2.42. The van der Waals surface area contributed by atoms with Crippen molar-refractivity contribution in [2.24, 2.45) is 18.2 Å². The Labute approximate surface area is 131 Å². The van der Waals surface area contributed by atoms with Gasteiger partial charge in [-0.25, -0.2) is 0 Å². The number of nitrogens with zero attached hydrogens (tertiary/aromatic N) is 4. The van der Waals surface area contributed by atoms with Gasteiger partial charge in [0.25, 0.3) is 0 Å². The number of aromatic nitrogens is 2. The molecule has 2 N–H and O–H groups in total. The summed E-state index contributed by atoms with van der Waals surface area (Å²) in [7, 11) is 1.92. The van der Waals surface area contributed by atoms with E-state index in [9.17, 15) is 4.79 Å². The van der Waals surface area contributed by atoms with Crippen LogP contribution in [0, 0.1) is 5.41 Å². The number of nitrogens with two attached hydrogens (primary N) is 1. The molecule has 0 saturated carbocycles. The average Bonchev–Trinajstić information content (AvgIpc) is 3.01. The number of aryl methyl sites for hydroxylation is 1. The third-order valence-corrected chi connectivity index (χ3v) is 4.92. The summed E-state index contributed by atoms with van der Waals surface area (Å²) in [5, 5.41) is 4.21. The monoisotopic (exact) mass is 307 g/mol. The van der Waals surface area contributed by atoms with E-state index in [1.54, 1.807) is 4.68 Å². The summed E-state index contributed by atoms with van der Waals surface area (Å²) < 4.78 is 7.20. The lowest BCUT2D eigenvalue weighted by molar-refractivity contribution is -0.147. The number of hydrogen-bond acceptors (Lipinski definition) is 5. The van der Waals surface area contributed by atoms with Crippen molar-refractivity contribution in [3.05, 3.63) is 12.4 Å². The van der Waals surface area contributed by atoms with Crippen LogP contribution in [0.3, 0.4) is 0 Å². The molecule has 1 amide bonds. The van der Waals surface area contributed by atoms with Crippen molar-refractivity contribution in [3.8, 4) is 0 Å². The van der Waals surface area contributed by atoms with Crippen LogP contribution in [0.1, 0.15) is 12.8 Å². The molecule has 0 aliphatic carbocycles. The fraction of sp³-hybridized carbons (Fsp3) is 0.733. The standard InChI is InChI=1S/C15H25N5O2/c1-18-11-13(10-17-18)19-4-6-20(7-5-19)14(21)15(12-16)2-8-22-9-3-15/h10-11H,2-9,12,16H2,1H3. The lowest BCUT2D eigenvalue weighted by Gasteiger charge is -2.42. The molecule has 2 fully saturated rings. The van der Waals surface area contributed by atoms with Gasteiger partial charge >= 0.3 is 0 Å². The van der Waals surface area contributed by atoms with Gasteiger partial charge in [-0.2, -0.15) is 5.10 Å². The van der Waals surface area contributed by atoms with Crippen LogP contribution in [-0.2, 0) is 16.6 Å². The van der Waals surface area contributed by atoms with Crippen LogP contribution < -0.4 is 10.6 Å². The molecule has 0 aromatic carbocycles. The molecule has 0 bridgehead atoms. The quantitative estimate of drug-likeness (QED) is 0.838. The van der Waals surface area contributed by atoms with E-state index in [0.29, 0.717) is 19.8 Å². The van der Waals surface area contributed by atoms with Crippen LogP contribution in [0.4, 0.5) is 5.69 Å². The molecule has 122 valence electrons. The van der Waals surface area contributed by atoms with E-state index in [2.05, 4.69) is 10.00 Å². The molecule has 2 aliphatic rings. The number of anilines is 1. The van der Waals surface area contributed by atoms with E-state index >= 15 is 0 Å². The minimum absolute atomic E-state index is 0.212. The van der Waals surface area contributed by atoms with Gasteiger partial charge < -0.3 is 20.3 Å². The largest absolute Gasteiger partial charge is 0.381 e. The fourth-order valence-electron chi connectivity index (χ4n) is 3.34. The Balaban J connectivity index is 1.61. The fourth-order valence-corrected chi connectivity index (χ4v) is 3.34. The van der Waals surface area contributed by atoms with Crippen molar-refractivity contribution in [2.75, 3.05) is 50.8 Å². The minimum Gasteiger partial charge on any atom is -0.381 e. The van der Waals surface area contributed by atoms with Gasteiger partial charge in [-0.05, 0) is 12.8 Å². The van der Waals surface area contributed by atoms with Gasteiger partial charge in [-0.15, -0.1) is 0 Å². The van der Waals surface area contributed by atoms with Crippen molar-refractivity contribution in [2.45, 2.75) is 12.8 Å². The highest BCUT2D eigenvalue weighted by Crippen LogP contribution is 2.32. The Hall–Kier alpha value is -1.60. The van der Waals surface area contributed by atoms with Crippen LogP contribution in [0.15, 0.2) is 12.4 Å². The number of carbonyl (C=O) groups excluding carboxylic acids is 1. The predicted octanol–water partition coefficient (Wildman–Crippen LogP) is -0.176. The first-order valence-corrected chi connectivity index (χ1v) is 7.95. The summed E-state index contributed by atoms with van der Waals surface area (Å²) in [5.74, 6) is 0.212. The van der Waals surface area contributed by atoms with E-state index in [1.165, 1.54) is 0 Å². The van der Waals surface area contributed by atoms with Gasteiger partial charge in [0.05, 0.1) is 17.3 Å². The van der Waals surface area contributed by atoms with E-state index in [-0.39, 0.29) is 5.91 Å². The zero-order chi connectivity index (χ0) is 15.6. The summed E-state index contributed by atoms with van der Waals surface area (Å²) in [6.45, 7) is 4.87. The first-order chi connectivity index (χ1) is 10.6. The minimum atomic E-state index is -0.408. The van der Waals surface area contributed by atoms with Crippen LogP contribution in [0.2, 0.25) is 0 Å². The molecule has 1 aromatic heterocycles. The smallest absolute Gasteiger partial charge is 0.230 e. The second-order valence-electron chi connectivity index (χ2n) is 6.25. The summed E-state index contributed by atoms with van der Waals surface area (Å²) in [4.78, 5) is 17.2. The van der Waals surface area contributed by atoms with Crippen molar-refractivity contribution in [1.29, 1.82) is 0 Å². The SMILES string of the molecule is Cn1cc(N2CCN(C(=O)C3(CN)CCOCC3)CC2)cn1. The molecule has 3 rings (SSSR count).